The van der Waals surface area contributed by atoms with E-state index in [0.717, 1.165) is 0 Å². The van der Waals surface area contributed by atoms with Crippen LogP contribution in [0.1, 0.15) is 31.1 Å². The molecule has 0 saturated carbocycles. The summed E-state index contributed by atoms with van der Waals surface area (Å²) in [7, 11) is 0. The molecule has 0 saturated heterocycles. The Bertz CT molecular complexity index is 415. The minimum Gasteiger partial charge on any atom is -0.480 e. The lowest BCUT2D eigenvalue weighted by Gasteiger charge is -2.15. The van der Waals surface area contributed by atoms with E-state index in [9.17, 15) is 9.59 Å². The van der Waals surface area contributed by atoms with Gasteiger partial charge in [-0.3, -0.25) is 9.59 Å². The van der Waals surface area contributed by atoms with Gasteiger partial charge in [-0.25, -0.2) is 0 Å². The lowest BCUT2D eigenvalue weighted by molar-refractivity contribution is -0.127. The summed E-state index contributed by atoms with van der Waals surface area (Å²) in [5, 5.41) is 2.67. The average molecular weight is 235 g/mol. The van der Waals surface area contributed by atoms with Gasteiger partial charge >= 0.3 is 0 Å². The smallest absolute Gasteiger partial charge is 0.260 e. The molecule has 92 valence electrons. The number of hydrogen-bond acceptors (Lipinski definition) is 3. The van der Waals surface area contributed by atoms with Crippen molar-refractivity contribution in [3.63, 3.8) is 0 Å². The van der Waals surface area contributed by atoms with E-state index in [4.69, 9.17) is 4.74 Å². The lowest BCUT2D eigenvalue weighted by atomic mass is 10.1. The molecule has 1 N–H and O–H groups in total. The number of rotatable bonds is 5. The highest BCUT2D eigenvalue weighted by atomic mass is 16.5. The van der Waals surface area contributed by atoms with E-state index in [1.807, 2.05) is 6.92 Å². The van der Waals surface area contributed by atoms with E-state index in [1.165, 1.54) is 6.92 Å². The van der Waals surface area contributed by atoms with Crippen LogP contribution in [0.25, 0.3) is 0 Å². The minimum atomic E-state index is -0.615. The fourth-order valence-corrected chi connectivity index (χ4v) is 1.42. The number of hydrogen-bond donors (Lipinski definition) is 1. The van der Waals surface area contributed by atoms with Crippen molar-refractivity contribution in [2.24, 2.45) is 0 Å². The van der Waals surface area contributed by atoms with E-state index in [0.29, 0.717) is 17.9 Å². The van der Waals surface area contributed by atoms with Crippen LogP contribution in [0, 0.1) is 0 Å². The van der Waals surface area contributed by atoms with E-state index in [1.54, 1.807) is 31.2 Å². The van der Waals surface area contributed by atoms with Gasteiger partial charge in [0.2, 0.25) is 0 Å². The summed E-state index contributed by atoms with van der Waals surface area (Å²) >= 11 is 0. The van der Waals surface area contributed by atoms with Crippen molar-refractivity contribution in [3.8, 4) is 5.75 Å². The predicted octanol–water partition coefficient (Wildman–Crippen LogP) is 1.79. The Hall–Kier alpha value is -1.84. The Morgan fingerprint density at radius 1 is 1.35 bits per heavy atom. The van der Waals surface area contributed by atoms with Crippen molar-refractivity contribution in [2.75, 3.05) is 6.54 Å². The SMILES string of the molecule is CCNC(=O)C(C)Oc1ccccc1C(C)=O. The maximum Gasteiger partial charge on any atom is 0.260 e. The first kappa shape index (κ1) is 13.2. The van der Waals surface area contributed by atoms with E-state index in [-0.39, 0.29) is 11.7 Å². The standard InChI is InChI=1S/C13H17NO3/c1-4-14-13(16)10(3)17-12-8-6-5-7-11(12)9(2)15/h5-8,10H,4H2,1-3H3,(H,14,16). The summed E-state index contributed by atoms with van der Waals surface area (Å²) < 4.78 is 5.49. The fourth-order valence-electron chi connectivity index (χ4n) is 1.42. The van der Waals surface area contributed by atoms with Crippen molar-refractivity contribution in [2.45, 2.75) is 26.9 Å². The summed E-state index contributed by atoms with van der Waals surface area (Å²) in [6.07, 6.45) is -0.615. The van der Waals surface area contributed by atoms with E-state index < -0.39 is 6.10 Å². The lowest BCUT2D eigenvalue weighted by Crippen LogP contribution is -2.36. The topological polar surface area (TPSA) is 55.4 Å². The van der Waals surface area contributed by atoms with E-state index in [2.05, 4.69) is 5.32 Å². The molecule has 0 aliphatic heterocycles. The van der Waals surface area contributed by atoms with Crippen molar-refractivity contribution in [1.29, 1.82) is 0 Å². The van der Waals surface area contributed by atoms with Gasteiger partial charge in [0.25, 0.3) is 5.91 Å². The predicted molar refractivity (Wildman–Crippen MR) is 65.2 cm³/mol. The maximum atomic E-state index is 11.5. The van der Waals surface area contributed by atoms with Gasteiger partial charge in [0, 0.05) is 6.54 Å². The highest BCUT2D eigenvalue weighted by Crippen LogP contribution is 2.19. The maximum absolute atomic E-state index is 11.5. The molecule has 0 aliphatic rings. The average Bonchev–Trinajstić information content (AvgIpc) is 2.29. The number of nitrogens with one attached hydrogen (secondary N) is 1. The Morgan fingerprint density at radius 3 is 2.59 bits per heavy atom. The van der Waals surface area contributed by atoms with Crippen LogP contribution in [0.3, 0.4) is 0 Å². The van der Waals surface area contributed by atoms with Crippen LogP contribution in [0.4, 0.5) is 0 Å². The molecule has 1 atom stereocenters. The molecular formula is C13H17NO3. The third-order valence-corrected chi connectivity index (χ3v) is 2.29. The molecule has 0 aliphatic carbocycles. The number of para-hydroxylation sites is 1. The normalized spacial score (nSPS) is 11.7. The number of amides is 1. The number of carbonyl (C=O) groups excluding carboxylic acids is 2. The summed E-state index contributed by atoms with van der Waals surface area (Å²) in [5.41, 5.74) is 0.489. The molecule has 1 amide bonds. The van der Waals surface area contributed by atoms with Crippen molar-refractivity contribution >= 4 is 11.7 Å². The van der Waals surface area contributed by atoms with Crippen molar-refractivity contribution < 1.29 is 14.3 Å². The van der Waals surface area contributed by atoms with Crippen molar-refractivity contribution in [1.82, 2.24) is 5.32 Å². The van der Waals surface area contributed by atoms with Gasteiger partial charge in [0.05, 0.1) is 5.56 Å². The Labute approximate surface area is 101 Å². The van der Waals surface area contributed by atoms with Crippen LogP contribution in [-0.4, -0.2) is 24.3 Å². The first-order chi connectivity index (χ1) is 8.06. The van der Waals surface area contributed by atoms with Gasteiger partial charge in [0.15, 0.2) is 11.9 Å². The number of ketones is 1. The molecule has 0 heterocycles. The highest BCUT2D eigenvalue weighted by molar-refractivity contribution is 5.96. The summed E-state index contributed by atoms with van der Waals surface area (Å²) in [4.78, 5) is 22.9. The minimum absolute atomic E-state index is 0.0799. The van der Waals surface area contributed by atoms with Crippen LogP contribution in [0.15, 0.2) is 24.3 Å². The van der Waals surface area contributed by atoms with Crippen molar-refractivity contribution in [3.05, 3.63) is 29.8 Å². The molecule has 4 heteroatoms. The first-order valence-corrected chi connectivity index (χ1v) is 5.60. The Morgan fingerprint density at radius 2 is 2.00 bits per heavy atom. The second kappa shape index (κ2) is 6.03. The van der Waals surface area contributed by atoms with Gasteiger partial charge in [-0.2, -0.15) is 0 Å². The molecule has 1 aromatic rings. The van der Waals surface area contributed by atoms with Gasteiger partial charge in [0.1, 0.15) is 5.75 Å². The number of ether oxygens (including phenoxy) is 1. The molecule has 1 unspecified atom stereocenters. The molecular weight excluding hydrogens is 218 g/mol. The largest absolute Gasteiger partial charge is 0.480 e. The quantitative estimate of drug-likeness (QED) is 0.792. The molecule has 1 rings (SSSR count). The summed E-state index contributed by atoms with van der Waals surface area (Å²) in [6, 6.07) is 6.90. The van der Waals surface area contributed by atoms with Gasteiger partial charge in [-0.05, 0) is 32.9 Å². The molecule has 0 bridgehead atoms. The van der Waals surface area contributed by atoms with Crippen LogP contribution in [0.2, 0.25) is 0 Å². The molecule has 0 spiro atoms. The molecule has 0 fully saturated rings. The molecule has 1 aromatic carbocycles. The van der Waals surface area contributed by atoms with Gasteiger partial charge < -0.3 is 10.1 Å². The molecule has 17 heavy (non-hydrogen) atoms. The number of carbonyl (C=O) groups is 2. The van der Waals surface area contributed by atoms with Crippen LogP contribution in [0.5, 0.6) is 5.75 Å². The zero-order valence-electron chi connectivity index (χ0n) is 10.3. The second-order valence-electron chi connectivity index (χ2n) is 3.71. The number of Topliss-reactive ketones (excluding diaryl/α,β-unsaturated/α-hetero) is 1. The Kier molecular flexibility index (Phi) is 4.69. The third kappa shape index (κ3) is 3.59. The molecule has 0 aromatic heterocycles. The van der Waals surface area contributed by atoms with Crippen LogP contribution >= 0.6 is 0 Å². The zero-order valence-corrected chi connectivity index (χ0v) is 10.3. The van der Waals surface area contributed by atoms with Gasteiger partial charge in [-0.15, -0.1) is 0 Å². The van der Waals surface area contributed by atoms with Crippen LogP contribution < -0.4 is 10.1 Å². The summed E-state index contributed by atoms with van der Waals surface area (Å²) in [6.45, 7) is 5.52. The zero-order chi connectivity index (χ0) is 12.8. The molecule has 4 nitrogen and oxygen atoms in total. The Balaban J connectivity index is 2.81. The first-order valence-electron chi connectivity index (χ1n) is 5.60. The van der Waals surface area contributed by atoms with Gasteiger partial charge in [-0.1, -0.05) is 12.1 Å². The fraction of sp³-hybridized carbons (Fsp3) is 0.385. The third-order valence-electron chi connectivity index (χ3n) is 2.29. The number of likely N-dealkylation sites (N-methyl/N-ethyl adjacent to an activating group) is 1. The second-order valence-corrected chi connectivity index (χ2v) is 3.71. The highest BCUT2D eigenvalue weighted by Gasteiger charge is 2.16. The molecule has 0 radical (unpaired) electrons. The van der Waals surface area contributed by atoms with E-state index >= 15 is 0 Å². The summed E-state index contributed by atoms with van der Waals surface area (Å²) in [5.74, 6) is 0.174. The number of benzene rings is 1. The monoisotopic (exact) mass is 235 g/mol. The van der Waals surface area contributed by atoms with Crippen LogP contribution in [-0.2, 0) is 4.79 Å².